The Kier molecular flexibility index (Phi) is 10.6. The Labute approximate surface area is 215 Å². The summed E-state index contributed by atoms with van der Waals surface area (Å²) in [5, 5.41) is 12.0. The molecular weight excluding hydrogens is 452 g/mol. The number of para-hydroxylation sites is 1. The molecule has 0 saturated heterocycles. The molecule has 194 valence electrons. The number of hydrogen-bond donors (Lipinski definition) is 1. The zero-order chi connectivity index (χ0) is 25.9. The number of aromatic nitrogens is 1. The maximum atomic E-state index is 12.9. The number of aliphatic hydroxyl groups excluding tert-OH is 1. The zero-order valence-electron chi connectivity index (χ0n) is 22.1. The fourth-order valence-corrected chi connectivity index (χ4v) is 4.45. The van der Waals surface area contributed by atoms with Gasteiger partial charge < -0.3 is 24.0 Å². The highest BCUT2D eigenvalue weighted by Crippen LogP contribution is 2.28. The van der Waals surface area contributed by atoms with Gasteiger partial charge >= 0.3 is 0 Å². The standard InChI is InChI=1S/C30H40N2O4/c1-5-7-17-31(18-8-6-2)21-25(33)22-32-20-24(26-11-9-10-12-27(26)32)13-15-28(34)23-14-16-29(35-3)30(19-23)36-4/h9-16,19-20,25,33H,5-8,17-18,21-22H2,1-4H3/b15-13-/t25-/m0/s1. The Hall–Kier alpha value is -3.09. The average molecular weight is 493 g/mol. The summed E-state index contributed by atoms with van der Waals surface area (Å²) in [6.07, 6.45) is 9.57. The summed E-state index contributed by atoms with van der Waals surface area (Å²) >= 11 is 0. The number of aliphatic hydroxyl groups is 1. The Morgan fingerprint density at radius 1 is 1.03 bits per heavy atom. The Balaban J connectivity index is 1.77. The number of rotatable bonds is 15. The van der Waals surface area contributed by atoms with Crippen molar-refractivity contribution in [2.75, 3.05) is 33.9 Å². The van der Waals surface area contributed by atoms with Crippen molar-refractivity contribution in [1.29, 1.82) is 0 Å². The Morgan fingerprint density at radius 2 is 1.72 bits per heavy atom. The second-order valence-corrected chi connectivity index (χ2v) is 9.18. The topological polar surface area (TPSA) is 63.9 Å². The van der Waals surface area contributed by atoms with Crippen LogP contribution in [-0.4, -0.2) is 60.3 Å². The second-order valence-electron chi connectivity index (χ2n) is 9.18. The van der Waals surface area contributed by atoms with Gasteiger partial charge in [-0.2, -0.15) is 0 Å². The number of carbonyl (C=O) groups excluding carboxylic acids is 1. The summed E-state index contributed by atoms with van der Waals surface area (Å²) in [6, 6.07) is 13.3. The van der Waals surface area contributed by atoms with Crippen molar-refractivity contribution in [3.8, 4) is 11.5 Å². The molecule has 1 N–H and O–H groups in total. The SMILES string of the molecule is CCCCN(CCCC)C[C@H](O)Cn1cc(/C=C\C(=O)c2ccc(OC)c(OC)c2)c2ccccc21. The number of ketones is 1. The van der Waals surface area contributed by atoms with Gasteiger partial charge in [0.2, 0.25) is 0 Å². The molecule has 1 atom stereocenters. The zero-order valence-corrected chi connectivity index (χ0v) is 22.1. The number of benzene rings is 2. The summed E-state index contributed by atoms with van der Waals surface area (Å²) in [5.74, 6) is 0.993. The highest BCUT2D eigenvalue weighted by Gasteiger charge is 2.15. The number of hydrogen-bond acceptors (Lipinski definition) is 5. The van der Waals surface area contributed by atoms with Gasteiger partial charge in [-0.3, -0.25) is 4.79 Å². The van der Waals surface area contributed by atoms with E-state index in [4.69, 9.17) is 9.47 Å². The first-order valence-corrected chi connectivity index (χ1v) is 12.9. The minimum atomic E-state index is -0.472. The molecule has 1 heterocycles. The lowest BCUT2D eigenvalue weighted by molar-refractivity contribution is 0.0973. The molecular formula is C30H40N2O4. The molecule has 2 aromatic carbocycles. The quantitative estimate of drug-likeness (QED) is 0.214. The number of carbonyl (C=O) groups is 1. The van der Waals surface area contributed by atoms with Crippen LogP contribution in [0.1, 0.15) is 55.5 Å². The van der Waals surface area contributed by atoms with Gasteiger partial charge in [0.15, 0.2) is 17.3 Å². The molecule has 36 heavy (non-hydrogen) atoms. The second kappa shape index (κ2) is 13.9. The Bertz CT molecular complexity index is 1140. The summed E-state index contributed by atoms with van der Waals surface area (Å²) in [6.45, 7) is 7.61. The van der Waals surface area contributed by atoms with E-state index in [1.807, 2.05) is 30.5 Å². The van der Waals surface area contributed by atoms with E-state index in [0.717, 1.165) is 55.2 Å². The van der Waals surface area contributed by atoms with Crippen LogP contribution < -0.4 is 9.47 Å². The van der Waals surface area contributed by atoms with Crippen molar-refractivity contribution in [2.45, 2.75) is 52.2 Å². The molecule has 0 aliphatic rings. The number of ether oxygens (including phenoxy) is 2. The minimum Gasteiger partial charge on any atom is -0.493 e. The van der Waals surface area contributed by atoms with Crippen LogP contribution in [-0.2, 0) is 6.54 Å². The van der Waals surface area contributed by atoms with E-state index in [1.165, 1.54) is 0 Å². The number of methoxy groups -OCH3 is 2. The molecule has 3 aromatic rings. The molecule has 0 aliphatic heterocycles. The van der Waals surface area contributed by atoms with E-state index >= 15 is 0 Å². The molecule has 0 saturated carbocycles. The fourth-order valence-electron chi connectivity index (χ4n) is 4.45. The lowest BCUT2D eigenvalue weighted by atomic mass is 10.1. The van der Waals surface area contributed by atoms with Gasteiger partial charge in [-0.1, -0.05) is 44.9 Å². The summed E-state index contributed by atoms with van der Waals surface area (Å²) < 4.78 is 12.7. The smallest absolute Gasteiger partial charge is 0.185 e. The predicted molar refractivity (Wildman–Crippen MR) is 147 cm³/mol. The highest BCUT2D eigenvalue weighted by molar-refractivity contribution is 6.08. The van der Waals surface area contributed by atoms with Crippen molar-refractivity contribution in [3.05, 3.63) is 65.9 Å². The van der Waals surface area contributed by atoms with Gasteiger partial charge in [0.1, 0.15) is 0 Å². The lowest BCUT2D eigenvalue weighted by Gasteiger charge is -2.25. The van der Waals surface area contributed by atoms with Crippen LogP contribution in [0.4, 0.5) is 0 Å². The molecule has 0 radical (unpaired) electrons. The third-order valence-electron chi connectivity index (χ3n) is 6.43. The summed E-state index contributed by atoms with van der Waals surface area (Å²) in [5.41, 5.74) is 2.52. The molecule has 6 nitrogen and oxygen atoms in total. The normalized spacial score (nSPS) is 12.5. The third-order valence-corrected chi connectivity index (χ3v) is 6.43. The van der Waals surface area contributed by atoms with Crippen LogP contribution in [0.2, 0.25) is 0 Å². The van der Waals surface area contributed by atoms with Crippen LogP contribution in [0.5, 0.6) is 11.5 Å². The predicted octanol–water partition coefficient (Wildman–Crippen LogP) is 5.82. The van der Waals surface area contributed by atoms with Crippen molar-refractivity contribution >= 4 is 22.8 Å². The number of unbranched alkanes of at least 4 members (excludes halogenated alkanes) is 2. The minimum absolute atomic E-state index is 0.115. The van der Waals surface area contributed by atoms with Crippen molar-refractivity contribution in [2.24, 2.45) is 0 Å². The maximum absolute atomic E-state index is 12.9. The first kappa shape index (κ1) is 27.5. The number of fused-ring (bicyclic) bond motifs is 1. The van der Waals surface area contributed by atoms with Crippen molar-refractivity contribution in [3.63, 3.8) is 0 Å². The first-order valence-electron chi connectivity index (χ1n) is 12.9. The highest BCUT2D eigenvalue weighted by atomic mass is 16.5. The van der Waals surface area contributed by atoms with Gasteiger partial charge in [0.05, 0.1) is 20.3 Å². The number of nitrogens with zero attached hydrogens (tertiary/aromatic N) is 2. The monoisotopic (exact) mass is 492 g/mol. The van der Waals surface area contributed by atoms with E-state index in [-0.39, 0.29) is 5.78 Å². The van der Waals surface area contributed by atoms with Crippen LogP contribution in [0.25, 0.3) is 17.0 Å². The van der Waals surface area contributed by atoms with Gasteiger partial charge in [0, 0.05) is 41.3 Å². The molecule has 0 fully saturated rings. The fraction of sp³-hybridized carbons (Fsp3) is 0.433. The van der Waals surface area contributed by atoms with Crippen LogP contribution >= 0.6 is 0 Å². The van der Waals surface area contributed by atoms with E-state index in [9.17, 15) is 9.90 Å². The third kappa shape index (κ3) is 7.21. The largest absolute Gasteiger partial charge is 0.493 e. The van der Waals surface area contributed by atoms with Crippen molar-refractivity contribution in [1.82, 2.24) is 9.47 Å². The van der Waals surface area contributed by atoms with Crippen LogP contribution in [0.3, 0.4) is 0 Å². The summed E-state index contributed by atoms with van der Waals surface area (Å²) in [7, 11) is 3.12. The molecule has 0 unspecified atom stereocenters. The average Bonchev–Trinajstić information content (AvgIpc) is 3.25. The molecule has 0 bridgehead atoms. The van der Waals surface area contributed by atoms with E-state index in [1.54, 1.807) is 38.5 Å². The summed E-state index contributed by atoms with van der Waals surface area (Å²) in [4.78, 5) is 15.2. The number of allylic oxidation sites excluding steroid dienone is 1. The van der Waals surface area contributed by atoms with Crippen molar-refractivity contribution < 1.29 is 19.4 Å². The van der Waals surface area contributed by atoms with Gasteiger partial charge in [-0.05, 0) is 62.3 Å². The maximum Gasteiger partial charge on any atom is 0.185 e. The first-order chi connectivity index (χ1) is 17.5. The van der Waals surface area contributed by atoms with Crippen LogP contribution in [0, 0.1) is 0 Å². The van der Waals surface area contributed by atoms with E-state index in [0.29, 0.717) is 30.2 Å². The lowest BCUT2D eigenvalue weighted by Crippen LogP contribution is -2.36. The molecule has 0 amide bonds. The van der Waals surface area contributed by atoms with Crippen LogP contribution in [0.15, 0.2) is 54.7 Å². The molecule has 0 aliphatic carbocycles. The van der Waals surface area contributed by atoms with Gasteiger partial charge in [0.25, 0.3) is 0 Å². The van der Waals surface area contributed by atoms with Gasteiger partial charge in [-0.15, -0.1) is 0 Å². The van der Waals surface area contributed by atoms with E-state index < -0.39 is 6.10 Å². The molecule has 3 rings (SSSR count). The molecule has 0 spiro atoms. The van der Waals surface area contributed by atoms with E-state index in [2.05, 4.69) is 29.4 Å². The molecule has 6 heteroatoms. The molecule has 1 aromatic heterocycles. The van der Waals surface area contributed by atoms with Gasteiger partial charge in [-0.25, -0.2) is 0 Å². The Morgan fingerprint density at radius 3 is 2.39 bits per heavy atom.